The number of amides is 1. The lowest BCUT2D eigenvalue weighted by Gasteiger charge is -2.27. The zero-order valence-corrected chi connectivity index (χ0v) is 17.6. The second-order valence-corrected chi connectivity index (χ2v) is 7.80. The van der Waals surface area contributed by atoms with Gasteiger partial charge in [0.1, 0.15) is 0 Å². The minimum atomic E-state index is -0.00280. The summed E-state index contributed by atoms with van der Waals surface area (Å²) in [6.07, 6.45) is 1.72. The molecule has 6 heteroatoms. The Kier molecular flexibility index (Phi) is 5.31. The molecule has 0 saturated heterocycles. The largest absolute Gasteiger partial charge is 0.493 e. The maximum atomic E-state index is 13.2. The average Bonchev–Trinajstić information content (AvgIpc) is 3.09. The number of rotatable bonds is 5. The van der Waals surface area contributed by atoms with Crippen LogP contribution in [0.1, 0.15) is 35.0 Å². The molecule has 1 aliphatic heterocycles. The molecule has 1 aromatic heterocycles. The van der Waals surface area contributed by atoms with Gasteiger partial charge in [-0.1, -0.05) is 25.1 Å². The Morgan fingerprint density at radius 3 is 2.89 bits per heavy atom. The van der Waals surface area contributed by atoms with Crippen molar-refractivity contribution in [2.24, 2.45) is 0 Å². The van der Waals surface area contributed by atoms with Gasteiger partial charge in [-0.15, -0.1) is 0 Å². The second-order valence-electron chi connectivity index (χ2n) is 6.94. The summed E-state index contributed by atoms with van der Waals surface area (Å²) in [5, 5.41) is 1.19. The van der Waals surface area contributed by atoms with E-state index < -0.39 is 0 Å². The number of carbonyl (C=O) groups excluding carboxylic acids is 1. The molecule has 0 bridgehead atoms. The van der Waals surface area contributed by atoms with E-state index in [9.17, 15) is 4.79 Å². The van der Waals surface area contributed by atoms with Crippen LogP contribution in [0, 0.1) is 0 Å². The molecule has 3 aromatic rings. The van der Waals surface area contributed by atoms with Crippen molar-refractivity contribution < 1.29 is 14.3 Å². The number of hydrogen-bond acceptors (Lipinski definition) is 3. The van der Waals surface area contributed by atoms with Crippen molar-refractivity contribution >= 4 is 32.7 Å². The third-order valence-electron chi connectivity index (χ3n) is 5.10. The molecule has 0 radical (unpaired) electrons. The summed E-state index contributed by atoms with van der Waals surface area (Å²) in [7, 11) is 1.59. The molecule has 0 fully saturated rings. The summed E-state index contributed by atoms with van der Waals surface area (Å²) >= 11 is 3.53. The fourth-order valence-electron chi connectivity index (χ4n) is 3.71. The van der Waals surface area contributed by atoms with E-state index >= 15 is 0 Å². The van der Waals surface area contributed by atoms with E-state index in [4.69, 9.17) is 9.47 Å². The van der Waals surface area contributed by atoms with Crippen LogP contribution in [0.3, 0.4) is 0 Å². The topological polar surface area (TPSA) is 54.6 Å². The maximum absolute atomic E-state index is 13.2. The number of aromatic nitrogens is 1. The van der Waals surface area contributed by atoms with E-state index in [1.54, 1.807) is 13.2 Å². The van der Waals surface area contributed by atoms with Gasteiger partial charge in [-0.05, 0) is 40.5 Å². The number of fused-ring (bicyclic) bond motifs is 3. The number of H-pyrrole nitrogens is 1. The Morgan fingerprint density at radius 2 is 2.11 bits per heavy atom. The Labute approximate surface area is 172 Å². The minimum Gasteiger partial charge on any atom is -0.493 e. The molecule has 0 unspecified atom stereocenters. The molecule has 28 heavy (non-hydrogen) atoms. The summed E-state index contributed by atoms with van der Waals surface area (Å²) < 4.78 is 12.0. The Hall–Kier alpha value is -2.47. The highest BCUT2D eigenvalue weighted by Gasteiger charge is 2.26. The predicted molar refractivity (Wildman–Crippen MR) is 113 cm³/mol. The van der Waals surface area contributed by atoms with E-state index in [1.165, 1.54) is 16.6 Å². The van der Waals surface area contributed by atoms with Crippen LogP contribution < -0.4 is 9.47 Å². The minimum absolute atomic E-state index is 0.00280. The van der Waals surface area contributed by atoms with Gasteiger partial charge in [0.2, 0.25) is 0 Å². The van der Waals surface area contributed by atoms with Crippen molar-refractivity contribution in [1.82, 2.24) is 9.88 Å². The molecule has 1 aliphatic rings. The summed E-state index contributed by atoms with van der Waals surface area (Å²) in [6.45, 7) is 3.93. The Balaban J connectivity index is 1.62. The average molecular weight is 443 g/mol. The Morgan fingerprint density at radius 1 is 1.29 bits per heavy atom. The number of benzene rings is 2. The molecule has 1 amide bonds. The fraction of sp³-hybridized carbons (Fsp3) is 0.318. The summed E-state index contributed by atoms with van der Waals surface area (Å²) in [4.78, 5) is 18.6. The number of aromatic amines is 1. The molecule has 1 N–H and O–H groups in total. The number of nitrogens with one attached hydrogen (secondary N) is 1. The van der Waals surface area contributed by atoms with Gasteiger partial charge in [0.25, 0.3) is 5.91 Å². The van der Waals surface area contributed by atoms with Crippen molar-refractivity contribution in [3.63, 3.8) is 0 Å². The number of hydrogen-bond donors (Lipinski definition) is 1. The fourth-order valence-corrected chi connectivity index (χ4v) is 4.27. The lowest BCUT2D eigenvalue weighted by Crippen LogP contribution is -2.35. The van der Waals surface area contributed by atoms with Crippen LogP contribution in [-0.4, -0.2) is 36.1 Å². The lowest BCUT2D eigenvalue weighted by atomic mass is 10.0. The van der Waals surface area contributed by atoms with Crippen molar-refractivity contribution in [1.29, 1.82) is 0 Å². The van der Waals surface area contributed by atoms with Gasteiger partial charge in [0.05, 0.1) is 18.2 Å². The van der Waals surface area contributed by atoms with Gasteiger partial charge >= 0.3 is 0 Å². The van der Waals surface area contributed by atoms with Crippen LogP contribution in [-0.2, 0) is 13.0 Å². The van der Waals surface area contributed by atoms with Gasteiger partial charge in [-0.3, -0.25) is 4.79 Å². The molecule has 5 nitrogen and oxygen atoms in total. The number of methoxy groups -OCH3 is 1. The van der Waals surface area contributed by atoms with E-state index in [0.717, 1.165) is 22.8 Å². The quantitative estimate of drug-likeness (QED) is 0.609. The van der Waals surface area contributed by atoms with Crippen LogP contribution in [0.5, 0.6) is 11.5 Å². The van der Waals surface area contributed by atoms with Crippen molar-refractivity contribution in [2.75, 3.05) is 20.3 Å². The molecule has 2 heterocycles. The van der Waals surface area contributed by atoms with Gasteiger partial charge in [0.15, 0.2) is 11.5 Å². The number of halogens is 1. The van der Waals surface area contributed by atoms with Crippen LogP contribution in [0.15, 0.2) is 40.9 Å². The molecule has 0 spiro atoms. The molecule has 4 rings (SSSR count). The van der Waals surface area contributed by atoms with Crippen LogP contribution >= 0.6 is 15.9 Å². The number of nitrogens with zero attached hydrogens (tertiary/aromatic N) is 1. The standard InChI is InChI=1S/C22H23BrN2O3/c1-3-10-28-21-17(23)11-14(12-20(21)27-2)22(26)25-9-8-19-16(13-25)15-6-4-5-7-18(15)24-19/h4-7,11-12,24H,3,8-10,13H2,1-2H3. The van der Waals surface area contributed by atoms with Crippen molar-refractivity contribution in [3.05, 3.63) is 57.7 Å². The third kappa shape index (κ3) is 3.37. The monoisotopic (exact) mass is 442 g/mol. The molecule has 0 atom stereocenters. The molecular formula is C22H23BrN2O3. The molecule has 0 aliphatic carbocycles. The lowest BCUT2D eigenvalue weighted by molar-refractivity contribution is 0.0734. The number of carbonyl (C=O) groups is 1. The predicted octanol–water partition coefficient (Wildman–Crippen LogP) is 4.93. The number of para-hydroxylation sites is 1. The summed E-state index contributed by atoms with van der Waals surface area (Å²) in [6, 6.07) is 11.8. The highest BCUT2D eigenvalue weighted by Crippen LogP contribution is 2.37. The normalized spacial score (nSPS) is 13.5. The number of ether oxygens (including phenoxy) is 2. The van der Waals surface area contributed by atoms with Gasteiger partial charge in [0, 0.05) is 47.2 Å². The van der Waals surface area contributed by atoms with Crippen molar-refractivity contribution in [3.8, 4) is 11.5 Å². The van der Waals surface area contributed by atoms with Crippen molar-refractivity contribution in [2.45, 2.75) is 26.3 Å². The molecule has 0 saturated carbocycles. The SMILES string of the molecule is CCCOc1c(Br)cc(C(=O)N2CCc3[nH]c4ccccc4c3C2)cc1OC. The first-order valence-corrected chi connectivity index (χ1v) is 10.3. The first-order valence-electron chi connectivity index (χ1n) is 9.50. The second kappa shape index (κ2) is 7.87. The molecule has 2 aromatic carbocycles. The van der Waals surface area contributed by atoms with Crippen LogP contribution in [0.4, 0.5) is 0 Å². The first-order chi connectivity index (χ1) is 13.6. The smallest absolute Gasteiger partial charge is 0.254 e. The van der Waals surface area contributed by atoms with Gasteiger partial charge in [-0.25, -0.2) is 0 Å². The van der Waals surface area contributed by atoms with E-state index in [1.807, 2.05) is 30.0 Å². The Bertz CT molecular complexity index is 1030. The summed E-state index contributed by atoms with van der Waals surface area (Å²) in [5.41, 5.74) is 4.16. The highest BCUT2D eigenvalue weighted by atomic mass is 79.9. The van der Waals surface area contributed by atoms with Crippen LogP contribution in [0.25, 0.3) is 10.9 Å². The van der Waals surface area contributed by atoms with Gasteiger partial charge < -0.3 is 19.4 Å². The van der Waals surface area contributed by atoms with E-state index in [2.05, 4.69) is 33.0 Å². The zero-order valence-electron chi connectivity index (χ0n) is 16.0. The third-order valence-corrected chi connectivity index (χ3v) is 5.69. The van der Waals surface area contributed by atoms with Crippen LogP contribution in [0.2, 0.25) is 0 Å². The maximum Gasteiger partial charge on any atom is 0.254 e. The first kappa shape index (κ1) is 18.9. The van der Waals surface area contributed by atoms with Gasteiger partial charge in [-0.2, -0.15) is 0 Å². The zero-order chi connectivity index (χ0) is 19.7. The highest BCUT2D eigenvalue weighted by molar-refractivity contribution is 9.10. The molecule has 146 valence electrons. The molecular weight excluding hydrogens is 420 g/mol. The summed E-state index contributed by atoms with van der Waals surface area (Å²) in [5.74, 6) is 1.20. The van der Waals surface area contributed by atoms with E-state index in [-0.39, 0.29) is 5.91 Å². The van der Waals surface area contributed by atoms with E-state index in [0.29, 0.717) is 36.8 Å².